The fourth-order valence-electron chi connectivity index (χ4n) is 2.26. The summed E-state index contributed by atoms with van der Waals surface area (Å²) in [6, 6.07) is 1.94. The van der Waals surface area contributed by atoms with Crippen LogP contribution in [-0.2, 0) is 6.54 Å². The van der Waals surface area contributed by atoms with Gasteiger partial charge in [-0.15, -0.1) is 0 Å². The molecule has 0 amide bonds. The average Bonchev–Trinajstić information content (AvgIpc) is 2.39. The van der Waals surface area contributed by atoms with Crippen LogP contribution in [0.2, 0.25) is 0 Å². The molecule has 0 aromatic carbocycles. The zero-order valence-corrected chi connectivity index (χ0v) is 11.3. The molecule has 1 saturated heterocycles. The van der Waals surface area contributed by atoms with Crippen LogP contribution in [0, 0.1) is 5.92 Å². The van der Waals surface area contributed by atoms with Crippen LogP contribution in [0.4, 0.5) is 5.82 Å². The van der Waals surface area contributed by atoms with E-state index in [1.54, 1.807) is 0 Å². The van der Waals surface area contributed by atoms with E-state index in [-0.39, 0.29) is 0 Å². The number of nitrogens with zero attached hydrogens (tertiary/aromatic N) is 3. The van der Waals surface area contributed by atoms with Crippen molar-refractivity contribution in [1.29, 1.82) is 0 Å². The molecule has 0 unspecified atom stereocenters. The topological polar surface area (TPSA) is 53.1 Å². The lowest BCUT2D eigenvalue weighted by atomic mass is 9.97. The Kier molecular flexibility index (Phi) is 4.90. The van der Waals surface area contributed by atoms with Crippen LogP contribution in [0.25, 0.3) is 0 Å². The summed E-state index contributed by atoms with van der Waals surface area (Å²) >= 11 is 0. The van der Waals surface area contributed by atoms with Crippen LogP contribution >= 0.6 is 0 Å². The van der Waals surface area contributed by atoms with Crippen LogP contribution in [0.5, 0.6) is 0 Å². The van der Waals surface area contributed by atoms with Crippen molar-refractivity contribution in [2.24, 2.45) is 5.92 Å². The lowest BCUT2D eigenvalue weighted by Crippen LogP contribution is -2.33. The molecule has 2 rings (SSSR count). The molecule has 18 heavy (non-hydrogen) atoms. The largest absolute Gasteiger partial charge is 0.370 e. The molecule has 2 heterocycles. The minimum Gasteiger partial charge on any atom is -0.370 e. The van der Waals surface area contributed by atoms with Crippen LogP contribution in [-0.4, -0.2) is 48.6 Å². The molecule has 1 aromatic rings. The Morgan fingerprint density at radius 2 is 2.17 bits per heavy atom. The van der Waals surface area contributed by atoms with Gasteiger partial charge in [0.2, 0.25) is 0 Å². The molecule has 100 valence electrons. The van der Waals surface area contributed by atoms with Gasteiger partial charge in [-0.3, -0.25) is 0 Å². The van der Waals surface area contributed by atoms with Gasteiger partial charge in [0.05, 0.1) is 6.54 Å². The fourth-order valence-corrected chi connectivity index (χ4v) is 2.26. The zero-order valence-electron chi connectivity index (χ0n) is 11.3. The molecule has 0 bridgehead atoms. The van der Waals surface area contributed by atoms with E-state index in [9.17, 15) is 0 Å². The van der Waals surface area contributed by atoms with E-state index in [4.69, 9.17) is 0 Å². The van der Waals surface area contributed by atoms with Crippen molar-refractivity contribution in [3.8, 4) is 0 Å². The van der Waals surface area contributed by atoms with Crippen LogP contribution < -0.4 is 10.6 Å². The number of anilines is 1. The van der Waals surface area contributed by atoms with Gasteiger partial charge >= 0.3 is 0 Å². The number of likely N-dealkylation sites (tertiary alicyclic amines) is 1. The second-order valence-corrected chi connectivity index (χ2v) is 5.02. The third-order valence-electron chi connectivity index (χ3n) is 3.45. The van der Waals surface area contributed by atoms with Crippen molar-refractivity contribution in [2.45, 2.75) is 19.4 Å². The highest BCUT2D eigenvalue weighted by atomic mass is 15.1. The standard InChI is InChI=1S/C13H23N5/c1-14-10-13-15-6-3-12(17-13)16-9-11-4-7-18(2)8-5-11/h3,6,11,14H,4-5,7-10H2,1-2H3,(H,15,16,17). The highest BCUT2D eigenvalue weighted by molar-refractivity contribution is 5.32. The molecule has 2 N–H and O–H groups in total. The summed E-state index contributed by atoms with van der Waals surface area (Å²) in [6.45, 7) is 4.15. The summed E-state index contributed by atoms with van der Waals surface area (Å²) in [5, 5.41) is 6.49. The highest BCUT2D eigenvalue weighted by Crippen LogP contribution is 2.16. The predicted octanol–water partition coefficient (Wildman–Crippen LogP) is 0.950. The Morgan fingerprint density at radius 3 is 2.89 bits per heavy atom. The molecule has 5 nitrogen and oxygen atoms in total. The summed E-state index contributed by atoms with van der Waals surface area (Å²) in [4.78, 5) is 11.1. The molecule has 0 radical (unpaired) electrons. The maximum absolute atomic E-state index is 4.47. The Hall–Kier alpha value is -1.20. The quantitative estimate of drug-likeness (QED) is 0.814. The van der Waals surface area contributed by atoms with Crippen molar-refractivity contribution >= 4 is 5.82 Å². The molecule has 0 atom stereocenters. The molecule has 1 aromatic heterocycles. The molecule has 1 aliphatic heterocycles. The normalized spacial score (nSPS) is 17.9. The van der Waals surface area contributed by atoms with Crippen LogP contribution in [0.3, 0.4) is 0 Å². The van der Waals surface area contributed by atoms with Gasteiger partial charge in [0.15, 0.2) is 0 Å². The first-order chi connectivity index (χ1) is 8.78. The maximum Gasteiger partial charge on any atom is 0.144 e. The summed E-state index contributed by atoms with van der Waals surface area (Å²) in [6.07, 6.45) is 4.37. The molecule has 5 heteroatoms. The Labute approximate surface area is 109 Å². The van der Waals surface area contributed by atoms with Crippen LogP contribution in [0.15, 0.2) is 12.3 Å². The van der Waals surface area contributed by atoms with Gasteiger partial charge in [0.1, 0.15) is 11.6 Å². The number of aromatic nitrogens is 2. The lowest BCUT2D eigenvalue weighted by Gasteiger charge is -2.29. The van der Waals surface area contributed by atoms with E-state index in [1.807, 2.05) is 19.3 Å². The first kappa shape index (κ1) is 13.2. The number of hydrogen-bond acceptors (Lipinski definition) is 5. The van der Waals surface area contributed by atoms with Crippen molar-refractivity contribution < 1.29 is 0 Å². The first-order valence-corrected chi connectivity index (χ1v) is 6.67. The van der Waals surface area contributed by atoms with E-state index in [0.29, 0.717) is 6.54 Å². The summed E-state index contributed by atoms with van der Waals surface area (Å²) < 4.78 is 0. The lowest BCUT2D eigenvalue weighted by molar-refractivity contribution is 0.226. The van der Waals surface area contributed by atoms with E-state index in [2.05, 4.69) is 32.5 Å². The summed E-state index contributed by atoms with van der Waals surface area (Å²) in [5.74, 6) is 2.55. The second-order valence-electron chi connectivity index (χ2n) is 5.02. The third kappa shape index (κ3) is 3.92. The molecule has 1 aliphatic rings. The number of rotatable bonds is 5. The first-order valence-electron chi connectivity index (χ1n) is 6.67. The number of piperidine rings is 1. The van der Waals surface area contributed by atoms with Gasteiger partial charge in [-0.1, -0.05) is 0 Å². The zero-order chi connectivity index (χ0) is 12.8. The van der Waals surface area contributed by atoms with E-state index in [0.717, 1.165) is 24.1 Å². The van der Waals surface area contributed by atoms with Gasteiger partial charge in [0.25, 0.3) is 0 Å². The molecule has 0 aliphatic carbocycles. The third-order valence-corrected chi connectivity index (χ3v) is 3.45. The smallest absolute Gasteiger partial charge is 0.144 e. The van der Waals surface area contributed by atoms with Gasteiger partial charge in [0, 0.05) is 12.7 Å². The molecular weight excluding hydrogens is 226 g/mol. The van der Waals surface area contributed by atoms with E-state index >= 15 is 0 Å². The molecule has 0 saturated carbocycles. The monoisotopic (exact) mass is 249 g/mol. The average molecular weight is 249 g/mol. The van der Waals surface area contributed by atoms with Gasteiger partial charge in [-0.2, -0.15) is 0 Å². The van der Waals surface area contributed by atoms with Crippen molar-refractivity contribution in [2.75, 3.05) is 39.0 Å². The maximum atomic E-state index is 4.47. The fraction of sp³-hybridized carbons (Fsp3) is 0.692. The van der Waals surface area contributed by atoms with E-state index < -0.39 is 0 Å². The van der Waals surface area contributed by atoms with E-state index in [1.165, 1.54) is 25.9 Å². The second kappa shape index (κ2) is 6.66. The van der Waals surface area contributed by atoms with Gasteiger partial charge < -0.3 is 15.5 Å². The van der Waals surface area contributed by atoms with Gasteiger partial charge in [-0.05, 0) is 52.0 Å². The SMILES string of the molecule is CNCc1nccc(NCC2CCN(C)CC2)n1. The highest BCUT2D eigenvalue weighted by Gasteiger charge is 2.16. The minimum atomic E-state index is 0.712. The molecule has 0 spiro atoms. The van der Waals surface area contributed by atoms with Gasteiger partial charge in [-0.25, -0.2) is 9.97 Å². The van der Waals surface area contributed by atoms with Crippen molar-refractivity contribution in [3.63, 3.8) is 0 Å². The van der Waals surface area contributed by atoms with Crippen LogP contribution in [0.1, 0.15) is 18.7 Å². The number of hydrogen-bond donors (Lipinski definition) is 2. The van der Waals surface area contributed by atoms with Crippen molar-refractivity contribution in [1.82, 2.24) is 20.2 Å². The summed E-state index contributed by atoms with van der Waals surface area (Å²) in [7, 11) is 4.10. The molecular formula is C13H23N5. The minimum absolute atomic E-state index is 0.712. The predicted molar refractivity (Wildman–Crippen MR) is 73.5 cm³/mol. The Balaban J connectivity index is 1.80. The molecule has 1 fully saturated rings. The van der Waals surface area contributed by atoms with Crippen molar-refractivity contribution in [3.05, 3.63) is 18.1 Å². The number of nitrogens with one attached hydrogen (secondary N) is 2. The Morgan fingerprint density at radius 1 is 1.39 bits per heavy atom. The Bertz CT molecular complexity index is 360. The summed E-state index contributed by atoms with van der Waals surface area (Å²) in [5.41, 5.74) is 0.